The van der Waals surface area contributed by atoms with Crippen LogP contribution in [0.4, 0.5) is 0 Å². The third-order valence-corrected chi connectivity index (χ3v) is 3.01. The summed E-state index contributed by atoms with van der Waals surface area (Å²) in [5.41, 5.74) is 0.442. The molecular formula is C11H10N2O2S. The first kappa shape index (κ1) is 10.8. The van der Waals surface area contributed by atoms with E-state index >= 15 is 0 Å². The summed E-state index contributed by atoms with van der Waals surface area (Å²) < 4.78 is 0. The fraction of sp³-hybridized carbons (Fsp3) is 0.0909. The summed E-state index contributed by atoms with van der Waals surface area (Å²) in [6.45, 7) is 0. The van der Waals surface area contributed by atoms with Crippen LogP contribution in [0, 0.1) is 0 Å². The van der Waals surface area contributed by atoms with Crippen molar-refractivity contribution in [3.63, 3.8) is 0 Å². The molecule has 0 aliphatic heterocycles. The van der Waals surface area contributed by atoms with Crippen LogP contribution in [0.25, 0.3) is 11.1 Å². The van der Waals surface area contributed by atoms with Gasteiger partial charge in [0, 0.05) is 16.7 Å². The molecule has 1 aromatic heterocycles. The zero-order valence-electron chi connectivity index (χ0n) is 8.61. The van der Waals surface area contributed by atoms with Gasteiger partial charge in [0.2, 0.25) is 0 Å². The second kappa shape index (κ2) is 4.40. The van der Waals surface area contributed by atoms with Gasteiger partial charge in [0.05, 0.1) is 5.56 Å². The van der Waals surface area contributed by atoms with E-state index in [1.54, 1.807) is 11.8 Å². The zero-order valence-corrected chi connectivity index (χ0v) is 9.43. The predicted molar refractivity (Wildman–Crippen MR) is 64.9 cm³/mol. The molecule has 0 spiro atoms. The van der Waals surface area contributed by atoms with Gasteiger partial charge in [-0.3, -0.25) is 9.78 Å². The molecule has 0 atom stereocenters. The molecule has 5 heteroatoms. The average Bonchev–Trinajstić information content (AvgIpc) is 2.29. The van der Waals surface area contributed by atoms with Crippen LogP contribution in [0.5, 0.6) is 0 Å². The summed E-state index contributed by atoms with van der Waals surface area (Å²) in [6, 6.07) is 7.56. The highest BCUT2D eigenvalue weighted by molar-refractivity contribution is 7.98. The van der Waals surface area contributed by atoms with E-state index in [0.29, 0.717) is 5.56 Å². The quantitative estimate of drug-likeness (QED) is 0.773. The van der Waals surface area contributed by atoms with Gasteiger partial charge in [-0.2, -0.15) is 0 Å². The number of H-pyrrole nitrogens is 2. The van der Waals surface area contributed by atoms with Crippen LogP contribution in [0.15, 0.2) is 44.9 Å². The molecule has 1 aromatic carbocycles. The molecule has 0 aliphatic rings. The first-order chi connectivity index (χ1) is 7.72. The summed E-state index contributed by atoms with van der Waals surface area (Å²) in [6.07, 6.45) is 3.38. The lowest BCUT2D eigenvalue weighted by atomic mass is 10.1. The second-order valence-electron chi connectivity index (χ2n) is 3.19. The first-order valence-electron chi connectivity index (χ1n) is 4.68. The highest BCUT2D eigenvalue weighted by atomic mass is 32.2. The van der Waals surface area contributed by atoms with Crippen molar-refractivity contribution >= 4 is 11.8 Å². The van der Waals surface area contributed by atoms with Crippen molar-refractivity contribution in [1.29, 1.82) is 0 Å². The molecule has 0 fully saturated rings. The monoisotopic (exact) mass is 234 g/mol. The van der Waals surface area contributed by atoms with Crippen LogP contribution in [0.3, 0.4) is 0 Å². The van der Waals surface area contributed by atoms with Gasteiger partial charge >= 0.3 is 5.69 Å². The van der Waals surface area contributed by atoms with Gasteiger partial charge in [-0.25, -0.2) is 4.79 Å². The third kappa shape index (κ3) is 1.94. The fourth-order valence-corrected chi connectivity index (χ4v) is 2.09. The molecule has 2 aromatic rings. The Bertz CT molecular complexity index is 616. The van der Waals surface area contributed by atoms with Crippen molar-refractivity contribution in [2.75, 3.05) is 6.26 Å². The summed E-state index contributed by atoms with van der Waals surface area (Å²) in [4.78, 5) is 28.2. The van der Waals surface area contributed by atoms with Crippen molar-refractivity contribution < 1.29 is 0 Å². The van der Waals surface area contributed by atoms with Gasteiger partial charge in [0.25, 0.3) is 5.56 Å². The lowest BCUT2D eigenvalue weighted by Crippen LogP contribution is -2.22. The number of rotatable bonds is 2. The molecule has 0 bridgehead atoms. The lowest BCUT2D eigenvalue weighted by molar-refractivity contribution is 1.04. The predicted octanol–water partition coefficient (Wildman–Crippen LogP) is 1.45. The van der Waals surface area contributed by atoms with E-state index in [1.807, 2.05) is 30.5 Å². The Hall–Kier alpha value is -1.75. The van der Waals surface area contributed by atoms with E-state index in [-0.39, 0.29) is 5.56 Å². The number of hydrogen-bond acceptors (Lipinski definition) is 3. The molecular weight excluding hydrogens is 224 g/mol. The molecule has 0 unspecified atom stereocenters. The highest BCUT2D eigenvalue weighted by Crippen LogP contribution is 2.26. The Balaban J connectivity index is 2.68. The van der Waals surface area contributed by atoms with E-state index in [2.05, 4.69) is 9.97 Å². The van der Waals surface area contributed by atoms with Gasteiger partial charge in [0.15, 0.2) is 0 Å². The zero-order chi connectivity index (χ0) is 11.5. The Morgan fingerprint density at radius 2 is 1.88 bits per heavy atom. The molecule has 0 saturated carbocycles. The van der Waals surface area contributed by atoms with E-state index in [1.165, 1.54) is 6.20 Å². The van der Waals surface area contributed by atoms with Crippen molar-refractivity contribution in [1.82, 2.24) is 9.97 Å². The van der Waals surface area contributed by atoms with E-state index in [0.717, 1.165) is 10.5 Å². The minimum absolute atomic E-state index is 0.370. The lowest BCUT2D eigenvalue weighted by Gasteiger charge is -2.05. The number of nitrogens with one attached hydrogen (secondary N) is 2. The van der Waals surface area contributed by atoms with Gasteiger partial charge in [-0.15, -0.1) is 11.8 Å². The third-order valence-electron chi connectivity index (χ3n) is 2.22. The maximum atomic E-state index is 11.6. The minimum Gasteiger partial charge on any atom is -0.313 e. The van der Waals surface area contributed by atoms with Crippen molar-refractivity contribution in [2.24, 2.45) is 0 Å². The van der Waals surface area contributed by atoms with E-state index in [9.17, 15) is 9.59 Å². The van der Waals surface area contributed by atoms with Crippen molar-refractivity contribution in [2.45, 2.75) is 4.90 Å². The normalized spacial score (nSPS) is 10.3. The second-order valence-corrected chi connectivity index (χ2v) is 4.03. The standard InChI is InChI=1S/C11H10N2O2S/c1-16-9-5-3-2-4-7(9)8-6-12-11(15)13-10(8)14/h2-6H,1H3,(H2,12,13,14,15). The number of aromatic amines is 2. The molecule has 2 N–H and O–H groups in total. The van der Waals surface area contributed by atoms with Crippen LogP contribution in [0.1, 0.15) is 0 Å². The van der Waals surface area contributed by atoms with Crippen LogP contribution in [-0.2, 0) is 0 Å². The molecule has 2 rings (SSSR count). The Morgan fingerprint density at radius 1 is 1.12 bits per heavy atom. The van der Waals surface area contributed by atoms with Gasteiger partial charge in [-0.05, 0) is 12.3 Å². The minimum atomic E-state index is -0.490. The van der Waals surface area contributed by atoms with Crippen molar-refractivity contribution in [3.8, 4) is 11.1 Å². The Labute approximate surface area is 95.7 Å². The maximum Gasteiger partial charge on any atom is 0.325 e. The van der Waals surface area contributed by atoms with Crippen LogP contribution in [-0.4, -0.2) is 16.2 Å². The fourth-order valence-electron chi connectivity index (χ4n) is 1.48. The number of benzene rings is 1. The molecule has 0 saturated heterocycles. The Kier molecular flexibility index (Phi) is 2.96. The van der Waals surface area contributed by atoms with Crippen LogP contribution in [0.2, 0.25) is 0 Å². The molecule has 1 heterocycles. The molecule has 4 nitrogen and oxygen atoms in total. The van der Waals surface area contributed by atoms with Crippen LogP contribution < -0.4 is 11.2 Å². The number of hydrogen-bond donors (Lipinski definition) is 2. The molecule has 0 aliphatic carbocycles. The van der Waals surface area contributed by atoms with Crippen LogP contribution >= 0.6 is 11.8 Å². The topological polar surface area (TPSA) is 65.7 Å². The van der Waals surface area contributed by atoms with E-state index in [4.69, 9.17) is 0 Å². The van der Waals surface area contributed by atoms with E-state index < -0.39 is 5.69 Å². The SMILES string of the molecule is CSc1ccccc1-c1c[nH]c(=O)[nH]c1=O. The molecule has 0 radical (unpaired) electrons. The summed E-state index contributed by atoms with van der Waals surface area (Å²) in [5.74, 6) is 0. The summed E-state index contributed by atoms with van der Waals surface area (Å²) in [7, 11) is 0. The number of thioether (sulfide) groups is 1. The smallest absolute Gasteiger partial charge is 0.313 e. The van der Waals surface area contributed by atoms with Crippen molar-refractivity contribution in [3.05, 3.63) is 51.3 Å². The summed E-state index contributed by atoms with van der Waals surface area (Å²) in [5, 5.41) is 0. The molecule has 0 amide bonds. The largest absolute Gasteiger partial charge is 0.325 e. The Morgan fingerprint density at radius 3 is 2.56 bits per heavy atom. The van der Waals surface area contributed by atoms with Gasteiger partial charge in [-0.1, -0.05) is 18.2 Å². The highest BCUT2D eigenvalue weighted by Gasteiger charge is 2.07. The number of aromatic nitrogens is 2. The average molecular weight is 234 g/mol. The maximum absolute atomic E-state index is 11.6. The first-order valence-corrected chi connectivity index (χ1v) is 5.90. The molecule has 82 valence electrons. The molecule has 16 heavy (non-hydrogen) atoms. The van der Waals surface area contributed by atoms with Gasteiger partial charge < -0.3 is 4.98 Å². The summed E-state index contributed by atoms with van der Waals surface area (Å²) >= 11 is 1.56. The van der Waals surface area contributed by atoms with Gasteiger partial charge in [0.1, 0.15) is 0 Å².